The van der Waals surface area contributed by atoms with Gasteiger partial charge in [-0.2, -0.15) is 0 Å². The van der Waals surface area contributed by atoms with Crippen molar-refractivity contribution in [2.45, 2.75) is 25.4 Å². The Kier molecular flexibility index (Phi) is 7.49. The molecule has 0 aromatic heterocycles. The molecule has 1 amide bonds. The minimum Gasteiger partial charge on any atom is -0.458 e. The second kappa shape index (κ2) is 10.5. The summed E-state index contributed by atoms with van der Waals surface area (Å²) in [5.41, 5.74) is 1.59. The molecule has 3 rings (SSSR count). The lowest BCUT2D eigenvalue weighted by molar-refractivity contribution is 0.0226. The monoisotopic (exact) mass is 423 g/mol. The van der Waals surface area contributed by atoms with E-state index in [4.69, 9.17) is 4.74 Å². The molecule has 0 saturated carbocycles. The number of amides is 1. The van der Waals surface area contributed by atoms with E-state index in [9.17, 15) is 18.4 Å². The highest BCUT2D eigenvalue weighted by molar-refractivity contribution is 5.94. The van der Waals surface area contributed by atoms with Crippen molar-refractivity contribution in [1.82, 2.24) is 5.32 Å². The van der Waals surface area contributed by atoms with Crippen LogP contribution in [0, 0.1) is 11.6 Å². The number of hydrogen-bond donors (Lipinski definition) is 1. The fourth-order valence-corrected chi connectivity index (χ4v) is 3.21. The molecule has 3 aromatic rings. The van der Waals surface area contributed by atoms with Crippen molar-refractivity contribution < 1.29 is 23.1 Å². The second-order valence-electron chi connectivity index (χ2n) is 7.20. The molecule has 6 heteroatoms. The molecule has 0 saturated heterocycles. The van der Waals surface area contributed by atoms with E-state index in [1.165, 1.54) is 48.5 Å². The minimum absolute atomic E-state index is 0.131. The number of esters is 1. The Hall–Kier alpha value is -3.54. The first-order valence-corrected chi connectivity index (χ1v) is 9.99. The van der Waals surface area contributed by atoms with Gasteiger partial charge in [0.25, 0.3) is 5.91 Å². The zero-order chi connectivity index (χ0) is 22.2. The summed E-state index contributed by atoms with van der Waals surface area (Å²) >= 11 is 0. The lowest BCUT2D eigenvalue weighted by Gasteiger charge is -2.25. The largest absolute Gasteiger partial charge is 0.458 e. The zero-order valence-electron chi connectivity index (χ0n) is 17.1. The van der Waals surface area contributed by atoms with Gasteiger partial charge in [-0.3, -0.25) is 4.79 Å². The number of rotatable bonds is 8. The van der Waals surface area contributed by atoms with Crippen molar-refractivity contribution in [1.29, 1.82) is 0 Å². The van der Waals surface area contributed by atoms with Gasteiger partial charge in [0, 0.05) is 24.4 Å². The summed E-state index contributed by atoms with van der Waals surface area (Å²) in [4.78, 5) is 24.9. The first kappa shape index (κ1) is 22.2. The fourth-order valence-electron chi connectivity index (χ4n) is 3.21. The summed E-state index contributed by atoms with van der Waals surface area (Å²) in [5, 5.41) is 2.77. The van der Waals surface area contributed by atoms with Crippen LogP contribution in [-0.2, 0) is 4.74 Å². The average Bonchev–Trinajstić information content (AvgIpc) is 2.79. The molecule has 0 bridgehead atoms. The molecule has 1 N–H and O–H groups in total. The third-order valence-electron chi connectivity index (χ3n) is 5.04. The number of halogens is 2. The molecule has 0 spiro atoms. The first-order chi connectivity index (χ1) is 14.9. The van der Waals surface area contributed by atoms with Crippen LogP contribution in [0.1, 0.15) is 45.5 Å². The van der Waals surface area contributed by atoms with Crippen LogP contribution in [0.5, 0.6) is 0 Å². The summed E-state index contributed by atoms with van der Waals surface area (Å²) in [6, 6.07) is 20.0. The summed E-state index contributed by atoms with van der Waals surface area (Å²) in [7, 11) is 0. The molecule has 0 radical (unpaired) electrons. The van der Waals surface area contributed by atoms with E-state index in [1.54, 1.807) is 0 Å². The molecule has 0 aliphatic heterocycles. The maximum Gasteiger partial charge on any atom is 0.338 e. The predicted octanol–water partition coefficient (Wildman–Crippen LogP) is 5.11. The maximum atomic E-state index is 13.2. The van der Waals surface area contributed by atoms with Gasteiger partial charge in [-0.1, -0.05) is 37.3 Å². The van der Waals surface area contributed by atoms with Gasteiger partial charge in [-0.05, 0) is 54.1 Å². The van der Waals surface area contributed by atoms with E-state index in [0.29, 0.717) is 12.0 Å². The van der Waals surface area contributed by atoms with E-state index in [1.807, 2.05) is 37.3 Å². The number of nitrogens with one attached hydrogen (secondary N) is 1. The Morgan fingerprint density at radius 1 is 0.839 bits per heavy atom. The van der Waals surface area contributed by atoms with E-state index >= 15 is 0 Å². The van der Waals surface area contributed by atoms with Gasteiger partial charge in [-0.25, -0.2) is 13.6 Å². The Balaban J connectivity index is 1.67. The molecule has 0 aliphatic rings. The Labute approximate surface area is 179 Å². The molecule has 0 aliphatic carbocycles. The molecule has 31 heavy (non-hydrogen) atoms. The zero-order valence-corrected chi connectivity index (χ0v) is 17.1. The molecule has 4 nitrogen and oxygen atoms in total. The number of carbonyl (C=O) groups is 2. The molecule has 0 fully saturated rings. The second-order valence-corrected chi connectivity index (χ2v) is 7.20. The van der Waals surface area contributed by atoms with Crippen LogP contribution in [0.3, 0.4) is 0 Å². The van der Waals surface area contributed by atoms with Crippen LogP contribution in [0.2, 0.25) is 0 Å². The number of benzene rings is 3. The predicted molar refractivity (Wildman–Crippen MR) is 114 cm³/mol. The van der Waals surface area contributed by atoms with E-state index in [0.717, 1.165) is 5.56 Å². The summed E-state index contributed by atoms with van der Waals surface area (Å²) in [5.74, 6) is -1.88. The van der Waals surface area contributed by atoms with Gasteiger partial charge in [-0.15, -0.1) is 0 Å². The van der Waals surface area contributed by atoms with Gasteiger partial charge in [0.05, 0.1) is 5.56 Å². The van der Waals surface area contributed by atoms with Gasteiger partial charge < -0.3 is 10.1 Å². The average molecular weight is 423 g/mol. The Morgan fingerprint density at radius 2 is 1.39 bits per heavy atom. The van der Waals surface area contributed by atoms with E-state index < -0.39 is 23.7 Å². The number of carbonyl (C=O) groups excluding carboxylic acids is 2. The third kappa shape index (κ3) is 6.22. The van der Waals surface area contributed by atoms with Crippen molar-refractivity contribution in [2.24, 2.45) is 0 Å². The van der Waals surface area contributed by atoms with Crippen LogP contribution < -0.4 is 5.32 Å². The van der Waals surface area contributed by atoms with Crippen LogP contribution in [0.4, 0.5) is 8.78 Å². The standard InChI is InChI=1S/C25H23F2NO3/c1-17(18-5-3-2-4-6-18)23(31-25(30)20-9-13-22(27)14-10-20)15-16-28-24(29)19-7-11-21(26)12-8-19/h2-14,17,23H,15-16H2,1H3,(H,28,29). The summed E-state index contributed by atoms with van der Waals surface area (Å²) in [6.07, 6.45) is -0.149. The molecule has 0 heterocycles. The molecular formula is C25H23F2NO3. The van der Waals surface area contributed by atoms with E-state index in [2.05, 4.69) is 5.32 Å². The third-order valence-corrected chi connectivity index (χ3v) is 5.04. The molecule has 160 valence electrons. The highest BCUT2D eigenvalue weighted by Crippen LogP contribution is 2.24. The topological polar surface area (TPSA) is 55.4 Å². The molecular weight excluding hydrogens is 400 g/mol. The van der Waals surface area contributed by atoms with Crippen LogP contribution in [0.25, 0.3) is 0 Å². The van der Waals surface area contributed by atoms with Gasteiger partial charge in [0.15, 0.2) is 0 Å². The lowest BCUT2D eigenvalue weighted by atomic mass is 9.93. The smallest absolute Gasteiger partial charge is 0.338 e. The fraction of sp³-hybridized carbons (Fsp3) is 0.200. The highest BCUT2D eigenvalue weighted by atomic mass is 19.1. The van der Waals surface area contributed by atoms with Crippen LogP contribution in [0.15, 0.2) is 78.9 Å². The maximum absolute atomic E-state index is 13.2. The minimum atomic E-state index is -0.558. The van der Waals surface area contributed by atoms with Crippen molar-refractivity contribution >= 4 is 11.9 Å². The molecule has 3 aromatic carbocycles. The van der Waals surface area contributed by atoms with Gasteiger partial charge in [0.1, 0.15) is 17.7 Å². The van der Waals surface area contributed by atoms with Crippen LogP contribution >= 0.6 is 0 Å². The Morgan fingerprint density at radius 3 is 1.97 bits per heavy atom. The van der Waals surface area contributed by atoms with Crippen molar-refractivity contribution in [3.8, 4) is 0 Å². The lowest BCUT2D eigenvalue weighted by Crippen LogP contribution is -2.31. The molecule has 2 atom stereocenters. The highest BCUT2D eigenvalue weighted by Gasteiger charge is 2.24. The van der Waals surface area contributed by atoms with Crippen molar-refractivity contribution in [2.75, 3.05) is 6.54 Å². The van der Waals surface area contributed by atoms with Crippen molar-refractivity contribution in [3.63, 3.8) is 0 Å². The quantitative estimate of drug-likeness (QED) is 0.512. The number of hydrogen-bond acceptors (Lipinski definition) is 3. The number of ether oxygens (including phenoxy) is 1. The van der Waals surface area contributed by atoms with Crippen LogP contribution in [-0.4, -0.2) is 24.5 Å². The normalized spacial score (nSPS) is 12.6. The SMILES string of the molecule is CC(c1ccccc1)C(CCNC(=O)c1ccc(F)cc1)OC(=O)c1ccc(F)cc1. The summed E-state index contributed by atoms with van der Waals surface area (Å²) in [6.45, 7) is 2.20. The van der Waals surface area contributed by atoms with Gasteiger partial charge >= 0.3 is 5.97 Å². The van der Waals surface area contributed by atoms with E-state index in [-0.39, 0.29) is 23.9 Å². The van der Waals surface area contributed by atoms with Crippen molar-refractivity contribution in [3.05, 3.63) is 107 Å². The van der Waals surface area contributed by atoms with Gasteiger partial charge in [0.2, 0.25) is 0 Å². The Bertz CT molecular complexity index is 1010. The first-order valence-electron chi connectivity index (χ1n) is 9.99. The molecule has 2 unspecified atom stereocenters. The summed E-state index contributed by atoms with van der Waals surface area (Å²) < 4.78 is 31.9.